The molecule has 1 amide bonds. The Labute approximate surface area is 143 Å². The van der Waals surface area contributed by atoms with E-state index in [-0.39, 0.29) is 23.3 Å². The van der Waals surface area contributed by atoms with Crippen LogP contribution < -0.4 is 5.56 Å². The minimum absolute atomic E-state index is 0.218. The van der Waals surface area contributed by atoms with Crippen LogP contribution in [-0.2, 0) is 4.74 Å². The Hall–Kier alpha value is -3.06. The lowest BCUT2D eigenvalue weighted by atomic mass is 10.1. The van der Waals surface area contributed by atoms with E-state index in [0.29, 0.717) is 30.5 Å². The molecule has 4 rings (SSSR count). The van der Waals surface area contributed by atoms with Crippen LogP contribution in [-0.4, -0.2) is 45.7 Å². The molecule has 0 radical (unpaired) electrons. The quantitative estimate of drug-likeness (QED) is 0.767. The Morgan fingerprint density at radius 2 is 2.04 bits per heavy atom. The lowest BCUT2D eigenvalue weighted by molar-refractivity contribution is -0.0231. The zero-order valence-electron chi connectivity index (χ0n) is 13.4. The van der Waals surface area contributed by atoms with Crippen molar-refractivity contribution in [3.8, 4) is 0 Å². The number of amides is 1. The van der Waals surface area contributed by atoms with Crippen LogP contribution in [0.4, 0.5) is 0 Å². The molecule has 1 saturated heterocycles. The fourth-order valence-electron chi connectivity index (χ4n) is 3.03. The molecule has 1 aliphatic rings. The number of carbonyl (C=O) groups excluding carboxylic acids is 1. The number of fused-ring (bicyclic) bond motifs is 1. The van der Waals surface area contributed by atoms with Crippen LogP contribution >= 0.6 is 0 Å². The standard InChI is InChI=1S/C18H16N4O3/c23-17-14-6-2-1-5-13(14)16(20-21-17)18(24)22-8-9-25-15(11-22)12-4-3-7-19-10-12/h1-7,10,15H,8-9,11H2,(H,21,23)/t15-/m1/s1. The normalized spacial score (nSPS) is 17.6. The fourth-order valence-corrected chi connectivity index (χ4v) is 3.03. The Morgan fingerprint density at radius 1 is 1.20 bits per heavy atom. The molecule has 0 saturated carbocycles. The van der Waals surface area contributed by atoms with Crippen molar-refractivity contribution in [3.05, 3.63) is 70.4 Å². The number of pyridine rings is 1. The lowest BCUT2D eigenvalue weighted by Gasteiger charge is -2.33. The van der Waals surface area contributed by atoms with Crippen molar-refractivity contribution in [1.29, 1.82) is 0 Å². The molecule has 1 aromatic carbocycles. The number of nitrogens with one attached hydrogen (secondary N) is 1. The Kier molecular flexibility index (Phi) is 3.99. The van der Waals surface area contributed by atoms with Gasteiger partial charge in [-0.25, -0.2) is 5.10 Å². The first kappa shape index (κ1) is 15.5. The molecule has 7 nitrogen and oxygen atoms in total. The van der Waals surface area contributed by atoms with E-state index in [1.807, 2.05) is 12.1 Å². The van der Waals surface area contributed by atoms with Gasteiger partial charge in [-0.1, -0.05) is 24.3 Å². The summed E-state index contributed by atoms with van der Waals surface area (Å²) in [5.41, 5.74) is 0.878. The molecular formula is C18H16N4O3. The third-order valence-corrected chi connectivity index (χ3v) is 4.31. The van der Waals surface area contributed by atoms with E-state index in [1.54, 1.807) is 41.6 Å². The second-order valence-corrected chi connectivity index (χ2v) is 5.84. The zero-order valence-corrected chi connectivity index (χ0v) is 13.4. The number of hydrogen-bond donors (Lipinski definition) is 1. The minimum Gasteiger partial charge on any atom is -0.370 e. The molecule has 3 aromatic rings. The average molecular weight is 336 g/mol. The highest BCUT2D eigenvalue weighted by Gasteiger charge is 2.28. The summed E-state index contributed by atoms with van der Waals surface area (Å²) in [6.45, 7) is 1.33. The Bertz CT molecular complexity index is 971. The smallest absolute Gasteiger partial charge is 0.275 e. The van der Waals surface area contributed by atoms with Crippen LogP contribution in [0, 0.1) is 0 Å². The summed E-state index contributed by atoms with van der Waals surface area (Å²) in [6, 6.07) is 10.8. The second kappa shape index (κ2) is 6.45. The maximum absolute atomic E-state index is 13.0. The summed E-state index contributed by atoms with van der Waals surface area (Å²) in [6.07, 6.45) is 3.22. The van der Waals surface area contributed by atoms with Crippen molar-refractivity contribution in [2.24, 2.45) is 0 Å². The van der Waals surface area contributed by atoms with E-state index in [2.05, 4.69) is 15.2 Å². The summed E-state index contributed by atoms with van der Waals surface area (Å²) < 4.78 is 5.77. The third-order valence-electron chi connectivity index (χ3n) is 4.31. The van der Waals surface area contributed by atoms with Gasteiger partial charge in [0, 0.05) is 29.9 Å². The minimum atomic E-state index is -0.303. The van der Waals surface area contributed by atoms with Crippen LogP contribution in [0.2, 0.25) is 0 Å². The molecule has 3 heterocycles. The van der Waals surface area contributed by atoms with Gasteiger partial charge in [0.2, 0.25) is 0 Å². The first-order chi connectivity index (χ1) is 12.2. The number of H-pyrrole nitrogens is 1. The van der Waals surface area contributed by atoms with Crippen LogP contribution in [0.1, 0.15) is 22.2 Å². The van der Waals surface area contributed by atoms with Crippen LogP contribution in [0.3, 0.4) is 0 Å². The maximum atomic E-state index is 13.0. The van der Waals surface area contributed by atoms with E-state index >= 15 is 0 Å². The molecular weight excluding hydrogens is 320 g/mol. The molecule has 0 unspecified atom stereocenters. The lowest BCUT2D eigenvalue weighted by Crippen LogP contribution is -2.42. The molecule has 7 heteroatoms. The van der Waals surface area contributed by atoms with E-state index in [1.165, 1.54) is 0 Å². The number of aromatic amines is 1. The number of rotatable bonds is 2. The molecule has 1 N–H and O–H groups in total. The van der Waals surface area contributed by atoms with Gasteiger partial charge in [-0.2, -0.15) is 5.10 Å². The van der Waals surface area contributed by atoms with Gasteiger partial charge in [0.15, 0.2) is 5.69 Å². The first-order valence-corrected chi connectivity index (χ1v) is 8.02. The Morgan fingerprint density at radius 3 is 2.84 bits per heavy atom. The highest BCUT2D eigenvalue weighted by Crippen LogP contribution is 2.23. The van der Waals surface area contributed by atoms with Gasteiger partial charge in [-0.15, -0.1) is 0 Å². The van der Waals surface area contributed by atoms with Gasteiger partial charge >= 0.3 is 0 Å². The molecule has 0 aliphatic carbocycles. The molecule has 0 bridgehead atoms. The van der Waals surface area contributed by atoms with E-state index in [0.717, 1.165) is 5.56 Å². The molecule has 25 heavy (non-hydrogen) atoms. The SMILES string of the molecule is O=C(c1n[nH]c(=O)c2ccccc12)N1CCO[C@@H](c2cccnc2)C1. The molecule has 1 atom stereocenters. The van der Waals surface area contributed by atoms with Crippen LogP contribution in [0.25, 0.3) is 10.8 Å². The number of nitrogens with zero attached hydrogens (tertiary/aromatic N) is 3. The van der Waals surface area contributed by atoms with Gasteiger partial charge in [0.05, 0.1) is 18.5 Å². The maximum Gasteiger partial charge on any atom is 0.275 e. The summed E-state index contributed by atoms with van der Waals surface area (Å²) in [7, 11) is 0. The van der Waals surface area contributed by atoms with Gasteiger partial charge in [0.25, 0.3) is 11.5 Å². The first-order valence-electron chi connectivity index (χ1n) is 8.02. The highest BCUT2D eigenvalue weighted by atomic mass is 16.5. The van der Waals surface area contributed by atoms with Crippen molar-refractivity contribution in [2.75, 3.05) is 19.7 Å². The summed E-state index contributed by atoms with van der Waals surface area (Å²) in [5, 5.41) is 7.42. The summed E-state index contributed by atoms with van der Waals surface area (Å²) in [4.78, 5) is 30.7. The number of hydrogen-bond acceptors (Lipinski definition) is 5. The largest absolute Gasteiger partial charge is 0.370 e. The number of morpholine rings is 1. The number of ether oxygens (including phenoxy) is 1. The predicted molar refractivity (Wildman–Crippen MR) is 91.2 cm³/mol. The van der Waals surface area contributed by atoms with Crippen molar-refractivity contribution >= 4 is 16.7 Å². The van der Waals surface area contributed by atoms with Crippen LogP contribution in [0.15, 0.2) is 53.6 Å². The molecule has 1 aliphatic heterocycles. The van der Waals surface area contributed by atoms with E-state index in [4.69, 9.17) is 4.74 Å². The number of carbonyl (C=O) groups is 1. The fraction of sp³-hybridized carbons (Fsp3) is 0.222. The average Bonchev–Trinajstić information content (AvgIpc) is 2.69. The second-order valence-electron chi connectivity index (χ2n) is 5.84. The van der Waals surface area contributed by atoms with Crippen LogP contribution in [0.5, 0.6) is 0 Å². The molecule has 0 spiro atoms. The molecule has 1 fully saturated rings. The monoisotopic (exact) mass is 336 g/mol. The zero-order chi connectivity index (χ0) is 17.2. The van der Waals surface area contributed by atoms with E-state index in [9.17, 15) is 9.59 Å². The van der Waals surface area contributed by atoms with Gasteiger partial charge in [-0.05, 0) is 12.1 Å². The highest BCUT2D eigenvalue weighted by molar-refractivity contribution is 6.04. The summed E-state index contributed by atoms with van der Waals surface area (Å²) in [5.74, 6) is -0.218. The van der Waals surface area contributed by atoms with E-state index < -0.39 is 0 Å². The summed E-state index contributed by atoms with van der Waals surface area (Å²) >= 11 is 0. The van der Waals surface area contributed by atoms with Gasteiger partial charge in [-0.3, -0.25) is 14.6 Å². The van der Waals surface area contributed by atoms with Crippen molar-refractivity contribution < 1.29 is 9.53 Å². The number of aromatic nitrogens is 3. The third kappa shape index (κ3) is 2.89. The van der Waals surface area contributed by atoms with Crippen molar-refractivity contribution in [2.45, 2.75) is 6.10 Å². The predicted octanol–water partition coefficient (Wildman–Crippen LogP) is 1.53. The molecule has 2 aromatic heterocycles. The molecule has 126 valence electrons. The van der Waals surface area contributed by atoms with Gasteiger partial charge in [0.1, 0.15) is 6.10 Å². The van der Waals surface area contributed by atoms with Crippen molar-refractivity contribution in [1.82, 2.24) is 20.1 Å². The topological polar surface area (TPSA) is 88.2 Å². The number of benzene rings is 1. The van der Waals surface area contributed by atoms with Gasteiger partial charge < -0.3 is 9.64 Å². The van der Waals surface area contributed by atoms with Crippen molar-refractivity contribution in [3.63, 3.8) is 0 Å². The Balaban J connectivity index is 1.65.